The van der Waals surface area contributed by atoms with Gasteiger partial charge in [0.1, 0.15) is 11.4 Å². The first-order valence-corrected chi connectivity index (χ1v) is 9.61. The lowest BCUT2D eigenvalue weighted by Crippen LogP contribution is -2.37. The van der Waals surface area contributed by atoms with Crippen LogP contribution in [0.1, 0.15) is 6.42 Å². The third-order valence-electron chi connectivity index (χ3n) is 5.44. The normalized spacial score (nSPS) is 16.0. The Kier molecular flexibility index (Phi) is 5.05. The number of ether oxygens (including phenoxy) is 1. The molecule has 1 N–H and O–H groups in total. The average molecular weight is 423 g/mol. The first-order chi connectivity index (χ1) is 14.8. The summed E-state index contributed by atoms with van der Waals surface area (Å²) in [5, 5.41) is 2.94. The molecule has 31 heavy (non-hydrogen) atoms. The number of carbonyl (C=O) groups excluding carboxylic acids is 2. The molecule has 2 amide bonds. The molecule has 10 nitrogen and oxygen atoms in total. The van der Waals surface area contributed by atoms with Crippen molar-refractivity contribution in [1.82, 2.24) is 14.1 Å². The number of aromatic nitrogens is 3. The average Bonchev–Trinajstić information content (AvgIpc) is 3.18. The zero-order chi connectivity index (χ0) is 22.3. The molecule has 1 unspecified atom stereocenters. The van der Waals surface area contributed by atoms with Crippen molar-refractivity contribution < 1.29 is 14.3 Å². The van der Waals surface area contributed by atoms with Crippen molar-refractivity contribution in [3.8, 4) is 5.75 Å². The third-order valence-corrected chi connectivity index (χ3v) is 5.44. The summed E-state index contributed by atoms with van der Waals surface area (Å²) < 4.78 is 7.38. The van der Waals surface area contributed by atoms with Crippen LogP contribution < -0.4 is 26.2 Å². The molecule has 3 aromatic rings. The van der Waals surface area contributed by atoms with Crippen LogP contribution in [-0.4, -0.2) is 39.6 Å². The van der Waals surface area contributed by atoms with Crippen LogP contribution in [-0.2, 0) is 23.7 Å². The maximum Gasteiger partial charge on any atom is 0.332 e. The van der Waals surface area contributed by atoms with E-state index in [0.717, 1.165) is 4.57 Å². The van der Waals surface area contributed by atoms with Gasteiger partial charge in [-0.15, -0.1) is 0 Å². The Hall–Kier alpha value is -3.95. The third kappa shape index (κ3) is 3.56. The van der Waals surface area contributed by atoms with Crippen LogP contribution >= 0.6 is 0 Å². The molecule has 3 heterocycles. The summed E-state index contributed by atoms with van der Waals surface area (Å²) in [6, 6.07) is 8.53. The minimum Gasteiger partial charge on any atom is -0.497 e. The summed E-state index contributed by atoms with van der Waals surface area (Å²) in [6.45, 7) is 0.244. The van der Waals surface area contributed by atoms with Gasteiger partial charge >= 0.3 is 5.69 Å². The molecule has 160 valence electrons. The van der Waals surface area contributed by atoms with Crippen LogP contribution in [0.15, 0.2) is 46.1 Å². The Labute approximate surface area is 176 Å². The Morgan fingerprint density at radius 3 is 2.52 bits per heavy atom. The lowest BCUT2D eigenvalue weighted by molar-refractivity contribution is -0.122. The predicted octanol–water partition coefficient (Wildman–Crippen LogP) is 0.632. The van der Waals surface area contributed by atoms with Crippen LogP contribution in [0.3, 0.4) is 0 Å². The molecule has 0 bridgehead atoms. The lowest BCUT2D eigenvalue weighted by atomic mass is 10.1. The highest BCUT2D eigenvalue weighted by atomic mass is 16.5. The molecule has 1 saturated heterocycles. The summed E-state index contributed by atoms with van der Waals surface area (Å²) in [6.07, 6.45) is 1.46. The standard InChI is InChI=1S/C21H21N5O5/c1-24-18-16(20(29)25(2)21(24)30)9-13(10-22-18)23-19(28)12-8-17(27)26(11-12)14-4-6-15(31-3)7-5-14/h4-7,9-10,12H,8,11H2,1-3H3,(H,23,28). The number of methoxy groups -OCH3 is 1. The van der Waals surface area contributed by atoms with Gasteiger partial charge in [-0.25, -0.2) is 9.78 Å². The van der Waals surface area contributed by atoms with E-state index >= 15 is 0 Å². The van der Waals surface area contributed by atoms with E-state index in [2.05, 4.69) is 10.3 Å². The van der Waals surface area contributed by atoms with Crippen molar-refractivity contribution in [3.05, 3.63) is 57.4 Å². The quantitative estimate of drug-likeness (QED) is 0.658. The Morgan fingerprint density at radius 2 is 1.84 bits per heavy atom. The van der Waals surface area contributed by atoms with Crippen molar-refractivity contribution in [1.29, 1.82) is 0 Å². The minimum absolute atomic E-state index is 0.0785. The van der Waals surface area contributed by atoms with E-state index in [1.807, 2.05) is 0 Å². The van der Waals surface area contributed by atoms with Gasteiger partial charge in [-0.1, -0.05) is 0 Å². The van der Waals surface area contributed by atoms with E-state index in [1.54, 1.807) is 36.3 Å². The number of anilines is 2. The molecule has 0 radical (unpaired) electrons. The van der Waals surface area contributed by atoms with Crippen LogP contribution in [0.2, 0.25) is 0 Å². The molecular weight excluding hydrogens is 402 g/mol. The fraction of sp³-hybridized carbons (Fsp3) is 0.286. The molecule has 0 saturated carbocycles. The topological polar surface area (TPSA) is 116 Å². The molecule has 4 rings (SSSR count). The molecule has 0 aliphatic carbocycles. The van der Waals surface area contributed by atoms with Crippen LogP contribution in [0.5, 0.6) is 5.75 Å². The number of amides is 2. The molecule has 1 atom stereocenters. The van der Waals surface area contributed by atoms with Crippen LogP contribution in [0.4, 0.5) is 11.4 Å². The van der Waals surface area contributed by atoms with Gasteiger partial charge in [-0.05, 0) is 30.3 Å². The summed E-state index contributed by atoms with van der Waals surface area (Å²) in [5.74, 6) is -0.358. The monoisotopic (exact) mass is 423 g/mol. The lowest BCUT2D eigenvalue weighted by Gasteiger charge is -2.17. The number of fused-ring (bicyclic) bond motifs is 1. The van der Waals surface area contributed by atoms with Gasteiger partial charge in [0.2, 0.25) is 11.8 Å². The summed E-state index contributed by atoms with van der Waals surface area (Å²) in [5.41, 5.74) is 0.266. The van der Waals surface area contributed by atoms with Gasteiger partial charge < -0.3 is 15.0 Å². The molecule has 2 aromatic heterocycles. The second-order valence-electron chi connectivity index (χ2n) is 7.39. The Balaban J connectivity index is 1.54. The second kappa shape index (κ2) is 7.71. The molecule has 10 heteroatoms. The Morgan fingerprint density at radius 1 is 1.13 bits per heavy atom. The van der Waals surface area contributed by atoms with Crippen LogP contribution in [0, 0.1) is 5.92 Å². The molecular formula is C21H21N5O5. The number of rotatable bonds is 4. The van der Waals surface area contributed by atoms with E-state index in [0.29, 0.717) is 17.1 Å². The number of carbonyl (C=O) groups is 2. The van der Waals surface area contributed by atoms with E-state index in [4.69, 9.17) is 4.74 Å². The Bertz CT molecular complexity index is 1310. The van der Waals surface area contributed by atoms with E-state index in [1.165, 1.54) is 30.9 Å². The number of aryl methyl sites for hydroxylation is 1. The summed E-state index contributed by atoms with van der Waals surface area (Å²) in [4.78, 5) is 55.4. The highest BCUT2D eigenvalue weighted by molar-refractivity contribution is 6.03. The van der Waals surface area contributed by atoms with Crippen molar-refractivity contribution in [2.24, 2.45) is 20.0 Å². The molecule has 1 aliphatic heterocycles. The highest BCUT2D eigenvalue weighted by Gasteiger charge is 2.35. The zero-order valence-corrected chi connectivity index (χ0v) is 17.3. The number of hydrogen-bond donors (Lipinski definition) is 1. The molecule has 0 spiro atoms. The van der Waals surface area contributed by atoms with Gasteiger partial charge in [-0.3, -0.25) is 23.5 Å². The summed E-state index contributed by atoms with van der Waals surface area (Å²) >= 11 is 0. The maximum absolute atomic E-state index is 12.8. The van der Waals surface area contributed by atoms with E-state index < -0.39 is 17.2 Å². The van der Waals surface area contributed by atoms with Crippen molar-refractivity contribution in [3.63, 3.8) is 0 Å². The van der Waals surface area contributed by atoms with Crippen molar-refractivity contribution in [2.45, 2.75) is 6.42 Å². The van der Waals surface area contributed by atoms with Gasteiger partial charge in [0.25, 0.3) is 5.56 Å². The maximum atomic E-state index is 12.8. The van der Waals surface area contributed by atoms with Gasteiger partial charge in [0.05, 0.1) is 30.3 Å². The second-order valence-corrected chi connectivity index (χ2v) is 7.39. The SMILES string of the molecule is COc1ccc(N2CC(C(=O)Nc3cnc4c(c3)c(=O)n(C)c(=O)n4C)CC2=O)cc1. The number of pyridine rings is 1. The first kappa shape index (κ1) is 20.3. The minimum atomic E-state index is -0.548. The van der Waals surface area contributed by atoms with Gasteiger partial charge in [-0.2, -0.15) is 0 Å². The van der Waals surface area contributed by atoms with Crippen molar-refractivity contribution in [2.75, 3.05) is 23.9 Å². The summed E-state index contributed by atoms with van der Waals surface area (Å²) in [7, 11) is 4.47. The fourth-order valence-corrected chi connectivity index (χ4v) is 3.67. The fourth-order valence-electron chi connectivity index (χ4n) is 3.67. The number of nitrogens with zero attached hydrogens (tertiary/aromatic N) is 4. The smallest absolute Gasteiger partial charge is 0.332 e. The van der Waals surface area contributed by atoms with E-state index in [9.17, 15) is 19.2 Å². The van der Waals surface area contributed by atoms with E-state index in [-0.39, 0.29) is 35.8 Å². The number of nitrogens with one attached hydrogen (secondary N) is 1. The number of benzene rings is 1. The van der Waals surface area contributed by atoms with Crippen molar-refractivity contribution >= 4 is 34.2 Å². The number of hydrogen-bond acceptors (Lipinski definition) is 6. The highest BCUT2D eigenvalue weighted by Crippen LogP contribution is 2.27. The molecule has 1 aromatic carbocycles. The zero-order valence-electron chi connectivity index (χ0n) is 17.3. The molecule has 1 fully saturated rings. The van der Waals surface area contributed by atoms with Gasteiger partial charge in [0.15, 0.2) is 0 Å². The predicted molar refractivity (Wildman–Crippen MR) is 114 cm³/mol. The van der Waals surface area contributed by atoms with Crippen LogP contribution in [0.25, 0.3) is 11.0 Å². The van der Waals surface area contributed by atoms with Gasteiger partial charge in [0, 0.05) is 32.7 Å². The molecule has 1 aliphatic rings. The largest absolute Gasteiger partial charge is 0.497 e. The first-order valence-electron chi connectivity index (χ1n) is 9.61.